The highest BCUT2D eigenvalue weighted by Crippen LogP contribution is 2.23. The number of methoxy groups -OCH3 is 1. The summed E-state index contributed by atoms with van der Waals surface area (Å²) in [6.07, 6.45) is -5.29. The first-order chi connectivity index (χ1) is 21.4. The van der Waals surface area contributed by atoms with E-state index in [9.17, 15) is 36.3 Å². The number of rotatable bonds is 13. The molecule has 1 unspecified atom stereocenters. The molecular formula is C29H27F5N6O5. The second kappa shape index (κ2) is 14.6. The van der Waals surface area contributed by atoms with E-state index in [1.54, 1.807) is 30.3 Å². The highest BCUT2D eigenvalue weighted by Gasteiger charge is 2.31. The van der Waals surface area contributed by atoms with E-state index < -0.39 is 47.6 Å². The summed E-state index contributed by atoms with van der Waals surface area (Å²) in [4.78, 5) is 37.6. The van der Waals surface area contributed by atoms with Crippen molar-refractivity contribution in [3.8, 4) is 5.75 Å². The van der Waals surface area contributed by atoms with Gasteiger partial charge in [0, 0.05) is 26.4 Å². The molecule has 45 heavy (non-hydrogen) atoms. The molecule has 2 aromatic carbocycles. The van der Waals surface area contributed by atoms with E-state index in [1.165, 1.54) is 37.7 Å². The fourth-order valence-corrected chi connectivity index (χ4v) is 4.23. The number of halogens is 5. The minimum Gasteiger partial charge on any atom is -0.406 e. The van der Waals surface area contributed by atoms with E-state index in [1.807, 2.05) is 0 Å². The molecule has 0 aliphatic carbocycles. The molecule has 238 valence electrons. The maximum absolute atomic E-state index is 14.8. The van der Waals surface area contributed by atoms with Gasteiger partial charge in [0.15, 0.2) is 11.8 Å². The van der Waals surface area contributed by atoms with E-state index in [2.05, 4.69) is 25.7 Å². The Morgan fingerprint density at radius 2 is 1.82 bits per heavy atom. The van der Waals surface area contributed by atoms with Crippen LogP contribution in [0.3, 0.4) is 0 Å². The summed E-state index contributed by atoms with van der Waals surface area (Å²) in [7, 11) is 1.32. The Hall–Kier alpha value is -5.12. The number of nitrogens with one attached hydrogen (secondary N) is 2. The summed E-state index contributed by atoms with van der Waals surface area (Å²) in [5.41, 5.74) is -0.723. The molecular weight excluding hydrogens is 607 g/mol. The summed E-state index contributed by atoms with van der Waals surface area (Å²) in [6, 6.07) is 14.7. The molecule has 2 amide bonds. The number of hydrogen-bond donors (Lipinski definition) is 2. The number of carbonyl (C=O) groups excluding carboxylic acids is 2. The molecule has 0 aliphatic rings. The van der Waals surface area contributed by atoms with E-state index in [-0.39, 0.29) is 37.4 Å². The van der Waals surface area contributed by atoms with Crippen LogP contribution in [0.2, 0.25) is 0 Å². The standard InChI is InChI=1S/C29H27F5N6O5/c1-44-25(19-7-3-2-4-8-19)27(42)36-22-11-13-39(28(43)24(22)31)12-10-20(30)16-40-17-23(37-38-40)26(41)35-15-18-6-5-9-21(14-18)45-29(32,33)34/h2-9,11,13-14,17,20,25H,10,12,15-16H2,1H3,(H,35,41)(H,36,42)/t20?,25-/m1/s1. The second-order valence-corrected chi connectivity index (χ2v) is 9.65. The topological polar surface area (TPSA) is 129 Å². The Bertz CT molecular complexity index is 1680. The van der Waals surface area contributed by atoms with Crippen molar-refractivity contribution in [3.05, 3.63) is 106 Å². The van der Waals surface area contributed by atoms with Crippen molar-refractivity contribution in [1.82, 2.24) is 24.9 Å². The number of benzene rings is 2. The zero-order chi connectivity index (χ0) is 32.6. The number of alkyl halides is 4. The average molecular weight is 635 g/mol. The van der Waals surface area contributed by atoms with Crippen LogP contribution in [0, 0.1) is 5.82 Å². The molecule has 2 N–H and O–H groups in total. The number of hydrogen-bond acceptors (Lipinski definition) is 7. The van der Waals surface area contributed by atoms with Gasteiger partial charge >= 0.3 is 6.36 Å². The van der Waals surface area contributed by atoms with Gasteiger partial charge in [-0.3, -0.25) is 14.4 Å². The molecule has 0 fully saturated rings. The molecule has 0 bridgehead atoms. The summed E-state index contributed by atoms with van der Waals surface area (Å²) in [5, 5.41) is 12.2. The van der Waals surface area contributed by atoms with Crippen LogP contribution in [-0.2, 0) is 29.2 Å². The molecule has 0 saturated heterocycles. The number of carbonyl (C=O) groups is 2. The van der Waals surface area contributed by atoms with E-state index >= 15 is 0 Å². The van der Waals surface area contributed by atoms with E-state index in [0.717, 1.165) is 21.4 Å². The minimum atomic E-state index is -4.86. The van der Waals surface area contributed by atoms with Crippen molar-refractivity contribution in [2.24, 2.45) is 0 Å². The predicted molar refractivity (Wildman–Crippen MR) is 149 cm³/mol. The number of aromatic nitrogens is 4. The van der Waals surface area contributed by atoms with Gasteiger partial charge in [0.1, 0.15) is 11.9 Å². The fourth-order valence-electron chi connectivity index (χ4n) is 4.23. The molecule has 2 atom stereocenters. The lowest BCUT2D eigenvalue weighted by molar-refractivity contribution is -0.274. The molecule has 2 aromatic heterocycles. The first kappa shape index (κ1) is 32.8. The van der Waals surface area contributed by atoms with Crippen LogP contribution in [0.4, 0.5) is 27.6 Å². The lowest BCUT2D eigenvalue weighted by Gasteiger charge is -2.16. The van der Waals surface area contributed by atoms with Gasteiger partial charge in [-0.05, 0) is 35.7 Å². The van der Waals surface area contributed by atoms with Gasteiger partial charge in [0.05, 0.1) is 18.4 Å². The van der Waals surface area contributed by atoms with Crippen molar-refractivity contribution < 1.29 is 41.0 Å². The van der Waals surface area contributed by atoms with Crippen LogP contribution >= 0.6 is 0 Å². The van der Waals surface area contributed by atoms with Gasteiger partial charge in [-0.1, -0.05) is 47.7 Å². The van der Waals surface area contributed by atoms with Gasteiger partial charge in [0.25, 0.3) is 17.4 Å². The zero-order valence-corrected chi connectivity index (χ0v) is 23.6. The Morgan fingerprint density at radius 3 is 2.53 bits per heavy atom. The molecule has 0 spiro atoms. The molecule has 0 saturated carbocycles. The molecule has 16 heteroatoms. The monoisotopic (exact) mass is 634 g/mol. The Labute approximate surface area is 252 Å². The van der Waals surface area contributed by atoms with Crippen LogP contribution in [-0.4, -0.2) is 51.0 Å². The quantitative estimate of drug-likeness (QED) is 0.211. The number of amides is 2. The first-order valence-corrected chi connectivity index (χ1v) is 13.4. The summed E-state index contributed by atoms with van der Waals surface area (Å²) < 4.78 is 77.9. The lowest BCUT2D eigenvalue weighted by Crippen LogP contribution is -2.28. The Balaban J connectivity index is 1.28. The molecule has 0 aliphatic heterocycles. The normalized spacial score (nSPS) is 12.8. The van der Waals surface area contributed by atoms with Crippen molar-refractivity contribution in [1.29, 1.82) is 0 Å². The van der Waals surface area contributed by atoms with E-state index in [0.29, 0.717) is 11.1 Å². The van der Waals surface area contributed by atoms with Crippen LogP contribution in [0.25, 0.3) is 0 Å². The molecule has 4 rings (SSSR count). The van der Waals surface area contributed by atoms with Crippen LogP contribution in [0.15, 0.2) is 77.9 Å². The van der Waals surface area contributed by atoms with Gasteiger partial charge in [-0.25, -0.2) is 9.07 Å². The average Bonchev–Trinajstić information content (AvgIpc) is 3.46. The van der Waals surface area contributed by atoms with Crippen LogP contribution in [0.5, 0.6) is 5.75 Å². The van der Waals surface area contributed by atoms with Gasteiger partial charge < -0.3 is 24.7 Å². The maximum Gasteiger partial charge on any atom is 0.573 e. The molecule has 2 heterocycles. The largest absolute Gasteiger partial charge is 0.573 e. The fraction of sp³-hybridized carbons (Fsp3) is 0.276. The number of nitrogens with zero attached hydrogens (tertiary/aromatic N) is 4. The lowest BCUT2D eigenvalue weighted by atomic mass is 10.1. The summed E-state index contributed by atoms with van der Waals surface area (Å²) in [6.45, 7) is -0.671. The van der Waals surface area contributed by atoms with E-state index in [4.69, 9.17) is 4.74 Å². The number of pyridine rings is 1. The van der Waals surface area contributed by atoms with Gasteiger partial charge in [-0.2, -0.15) is 4.39 Å². The third kappa shape index (κ3) is 9.18. The van der Waals surface area contributed by atoms with Gasteiger partial charge in [0.2, 0.25) is 5.82 Å². The molecule has 4 aromatic rings. The van der Waals surface area contributed by atoms with Gasteiger partial charge in [-0.15, -0.1) is 18.3 Å². The Morgan fingerprint density at radius 1 is 1.07 bits per heavy atom. The predicted octanol–water partition coefficient (Wildman–Crippen LogP) is 4.16. The zero-order valence-electron chi connectivity index (χ0n) is 23.6. The highest BCUT2D eigenvalue weighted by atomic mass is 19.4. The third-order valence-electron chi connectivity index (χ3n) is 6.37. The first-order valence-electron chi connectivity index (χ1n) is 13.4. The number of aryl methyl sites for hydroxylation is 1. The number of anilines is 1. The Kier molecular flexibility index (Phi) is 10.6. The SMILES string of the molecule is CO[C@@H](C(=O)Nc1ccn(CCC(F)Cn2cc(C(=O)NCc3cccc(OC(F)(F)F)c3)nn2)c(=O)c1F)c1ccccc1. The van der Waals surface area contributed by atoms with Crippen molar-refractivity contribution in [3.63, 3.8) is 0 Å². The summed E-state index contributed by atoms with van der Waals surface area (Å²) >= 11 is 0. The second-order valence-electron chi connectivity index (χ2n) is 9.65. The number of ether oxygens (including phenoxy) is 2. The van der Waals surface area contributed by atoms with Crippen LogP contribution in [0.1, 0.15) is 34.1 Å². The summed E-state index contributed by atoms with van der Waals surface area (Å²) in [5.74, 6) is -3.06. The highest BCUT2D eigenvalue weighted by molar-refractivity contribution is 5.95. The van der Waals surface area contributed by atoms with Crippen molar-refractivity contribution in [2.75, 3.05) is 12.4 Å². The minimum absolute atomic E-state index is 0.139. The van der Waals surface area contributed by atoms with Crippen molar-refractivity contribution >= 4 is 17.5 Å². The maximum atomic E-state index is 14.8. The molecule has 0 radical (unpaired) electrons. The molecule has 11 nitrogen and oxygen atoms in total. The third-order valence-corrected chi connectivity index (χ3v) is 6.37. The van der Waals surface area contributed by atoms with Crippen LogP contribution < -0.4 is 20.9 Å². The smallest absolute Gasteiger partial charge is 0.406 e. The van der Waals surface area contributed by atoms with Crippen molar-refractivity contribution in [2.45, 2.75) is 44.7 Å².